The summed E-state index contributed by atoms with van der Waals surface area (Å²) in [5, 5.41) is 4.96. The Hall–Kier alpha value is -0.540. The Bertz CT molecular complexity index is 545. The van der Waals surface area contributed by atoms with Crippen LogP contribution in [0, 0.1) is 0 Å². The van der Waals surface area contributed by atoms with Gasteiger partial charge in [-0.15, -0.1) is 11.3 Å². The minimum atomic E-state index is 0.157. The van der Waals surface area contributed by atoms with Crippen LogP contribution in [0.3, 0.4) is 0 Å². The molecule has 1 nitrogen and oxygen atoms in total. The van der Waals surface area contributed by atoms with Crippen LogP contribution in [0.25, 0.3) is 0 Å². The molecule has 0 amide bonds. The number of likely N-dealkylation sites (N-methyl/N-ethyl adjacent to an activating group) is 1. The van der Waals surface area contributed by atoms with Crippen LogP contribution >= 0.6 is 34.5 Å². The van der Waals surface area contributed by atoms with Crippen molar-refractivity contribution in [1.29, 1.82) is 0 Å². The van der Waals surface area contributed by atoms with Crippen molar-refractivity contribution in [3.05, 3.63) is 55.7 Å². The molecule has 108 valence electrons. The van der Waals surface area contributed by atoms with Crippen molar-refractivity contribution in [1.82, 2.24) is 5.32 Å². The van der Waals surface area contributed by atoms with Gasteiger partial charge in [0.2, 0.25) is 0 Å². The molecule has 0 aliphatic carbocycles. The maximum atomic E-state index is 6.34. The van der Waals surface area contributed by atoms with Crippen LogP contribution in [-0.4, -0.2) is 6.54 Å². The fraction of sp³-hybridized carbons (Fsp3) is 0.375. The van der Waals surface area contributed by atoms with Crippen LogP contribution in [0.2, 0.25) is 10.0 Å². The van der Waals surface area contributed by atoms with Gasteiger partial charge < -0.3 is 5.32 Å². The van der Waals surface area contributed by atoms with Crippen LogP contribution < -0.4 is 5.32 Å². The van der Waals surface area contributed by atoms with Gasteiger partial charge in [-0.1, -0.05) is 43.1 Å². The van der Waals surface area contributed by atoms with Crippen molar-refractivity contribution >= 4 is 34.5 Å². The first kappa shape index (κ1) is 15.8. The Kier molecular flexibility index (Phi) is 5.91. The summed E-state index contributed by atoms with van der Waals surface area (Å²) < 4.78 is 0. The number of hydrogen-bond acceptors (Lipinski definition) is 2. The molecule has 1 unspecified atom stereocenters. The summed E-state index contributed by atoms with van der Waals surface area (Å²) in [7, 11) is 0. The van der Waals surface area contributed by atoms with Gasteiger partial charge in [0.25, 0.3) is 0 Å². The first-order chi connectivity index (χ1) is 9.65. The third-order valence-corrected chi connectivity index (χ3v) is 5.18. The molecule has 4 heteroatoms. The summed E-state index contributed by atoms with van der Waals surface area (Å²) in [6.45, 7) is 5.17. The maximum absolute atomic E-state index is 6.34. The van der Waals surface area contributed by atoms with E-state index in [1.54, 1.807) is 0 Å². The smallest absolute Gasteiger partial charge is 0.0468 e. The first-order valence-electron chi connectivity index (χ1n) is 6.90. The number of benzene rings is 1. The van der Waals surface area contributed by atoms with Crippen LogP contribution in [0.5, 0.6) is 0 Å². The molecule has 2 aromatic rings. The Balaban J connectivity index is 2.26. The standard InChI is InChI=1S/C16H19Cl2NS/c1-3-11-8-9-12(20-11)10-15(19-4-2)16-13(17)6-5-7-14(16)18/h5-9,15,19H,3-4,10H2,1-2H3. The zero-order valence-corrected chi connectivity index (χ0v) is 14.1. The highest BCUT2D eigenvalue weighted by Crippen LogP contribution is 2.33. The Morgan fingerprint density at radius 3 is 2.25 bits per heavy atom. The Labute approximate surface area is 134 Å². The number of hydrogen-bond donors (Lipinski definition) is 1. The minimum Gasteiger partial charge on any atom is -0.310 e. The second-order valence-electron chi connectivity index (χ2n) is 4.67. The van der Waals surface area contributed by atoms with Crippen molar-refractivity contribution in [2.24, 2.45) is 0 Å². The highest BCUT2D eigenvalue weighted by molar-refractivity contribution is 7.11. The monoisotopic (exact) mass is 327 g/mol. The molecule has 0 aliphatic rings. The third kappa shape index (κ3) is 3.76. The zero-order valence-electron chi connectivity index (χ0n) is 11.7. The van der Waals surface area contributed by atoms with Crippen LogP contribution in [0.1, 0.15) is 35.2 Å². The van der Waals surface area contributed by atoms with Crippen molar-refractivity contribution in [2.45, 2.75) is 32.7 Å². The summed E-state index contributed by atoms with van der Waals surface area (Å²) in [6.07, 6.45) is 2.01. The number of halogens is 2. The topological polar surface area (TPSA) is 12.0 Å². The molecule has 1 aromatic heterocycles. The van der Waals surface area contributed by atoms with E-state index < -0.39 is 0 Å². The van der Waals surface area contributed by atoms with E-state index in [0.29, 0.717) is 0 Å². The molecule has 1 aromatic carbocycles. The highest BCUT2D eigenvalue weighted by Gasteiger charge is 2.18. The fourth-order valence-electron chi connectivity index (χ4n) is 2.29. The molecule has 1 heterocycles. The van der Waals surface area contributed by atoms with Crippen molar-refractivity contribution < 1.29 is 0 Å². The molecule has 0 spiro atoms. The van der Waals surface area contributed by atoms with E-state index >= 15 is 0 Å². The molecule has 0 aliphatic heterocycles. The summed E-state index contributed by atoms with van der Waals surface area (Å²) in [5.41, 5.74) is 1.00. The SMILES string of the molecule is CCNC(Cc1ccc(CC)s1)c1c(Cl)cccc1Cl. The average Bonchev–Trinajstić information content (AvgIpc) is 2.86. The Morgan fingerprint density at radius 2 is 1.70 bits per heavy atom. The van der Waals surface area contributed by atoms with Gasteiger partial charge in [0.15, 0.2) is 0 Å². The lowest BCUT2D eigenvalue weighted by molar-refractivity contribution is 0.553. The molecule has 0 radical (unpaired) electrons. The van der Waals surface area contributed by atoms with Gasteiger partial charge in [0.05, 0.1) is 0 Å². The zero-order chi connectivity index (χ0) is 14.5. The maximum Gasteiger partial charge on any atom is 0.0468 e. The quantitative estimate of drug-likeness (QED) is 0.737. The predicted octanol–water partition coefficient (Wildman–Crippen LogP) is 5.51. The average molecular weight is 328 g/mol. The van der Waals surface area contributed by atoms with Crippen molar-refractivity contribution in [2.75, 3.05) is 6.54 Å². The van der Waals surface area contributed by atoms with E-state index in [1.165, 1.54) is 9.75 Å². The lowest BCUT2D eigenvalue weighted by Gasteiger charge is -2.20. The Morgan fingerprint density at radius 1 is 1.05 bits per heavy atom. The van der Waals surface area contributed by atoms with Gasteiger partial charge in [0, 0.05) is 37.8 Å². The van der Waals surface area contributed by atoms with Gasteiger partial charge in [0.1, 0.15) is 0 Å². The van der Waals surface area contributed by atoms with Gasteiger partial charge in [-0.05, 0) is 37.2 Å². The van der Waals surface area contributed by atoms with Crippen LogP contribution in [-0.2, 0) is 12.8 Å². The van der Waals surface area contributed by atoms with E-state index in [4.69, 9.17) is 23.2 Å². The fourth-order valence-corrected chi connectivity index (χ4v) is 3.95. The number of thiophene rings is 1. The number of rotatable bonds is 6. The molecule has 1 N–H and O–H groups in total. The van der Waals surface area contributed by atoms with Crippen molar-refractivity contribution in [3.8, 4) is 0 Å². The summed E-state index contributed by atoms with van der Waals surface area (Å²) >= 11 is 14.5. The van der Waals surface area contributed by atoms with Gasteiger partial charge >= 0.3 is 0 Å². The van der Waals surface area contributed by atoms with Gasteiger partial charge in [-0.3, -0.25) is 0 Å². The molecular formula is C16H19Cl2NS. The minimum absolute atomic E-state index is 0.157. The molecule has 20 heavy (non-hydrogen) atoms. The first-order valence-corrected chi connectivity index (χ1v) is 8.47. The number of nitrogens with one attached hydrogen (secondary N) is 1. The molecule has 0 saturated heterocycles. The van der Waals surface area contributed by atoms with E-state index in [-0.39, 0.29) is 6.04 Å². The lowest BCUT2D eigenvalue weighted by atomic mass is 10.0. The molecule has 0 bridgehead atoms. The molecule has 0 saturated carbocycles. The highest BCUT2D eigenvalue weighted by atomic mass is 35.5. The molecular weight excluding hydrogens is 309 g/mol. The van der Waals surface area contributed by atoms with Gasteiger partial charge in [-0.25, -0.2) is 0 Å². The second kappa shape index (κ2) is 7.46. The van der Waals surface area contributed by atoms with E-state index in [0.717, 1.165) is 35.0 Å². The summed E-state index contributed by atoms with van der Waals surface area (Å²) in [6, 6.07) is 10.3. The molecule has 1 atom stereocenters. The largest absolute Gasteiger partial charge is 0.310 e. The lowest BCUT2D eigenvalue weighted by Crippen LogP contribution is -2.23. The van der Waals surface area contributed by atoms with Crippen LogP contribution in [0.4, 0.5) is 0 Å². The number of aryl methyl sites for hydroxylation is 1. The molecule has 0 fully saturated rings. The van der Waals surface area contributed by atoms with E-state index in [9.17, 15) is 0 Å². The van der Waals surface area contributed by atoms with E-state index in [2.05, 4.69) is 31.3 Å². The van der Waals surface area contributed by atoms with Gasteiger partial charge in [-0.2, -0.15) is 0 Å². The second-order valence-corrected chi connectivity index (χ2v) is 6.74. The van der Waals surface area contributed by atoms with E-state index in [1.807, 2.05) is 29.5 Å². The van der Waals surface area contributed by atoms with Crippen LogP contribution in [0.15, 0.2) is 30.3 Å². The van der Waals surface area contributed by atoms with Crippen molar-refractivity contribution in [3.63, 3.8) is 0 Å². The normalized spacial score (nSPS) is 12.6. The summed E-state index contributed by atoms with van der Waals surface area (Å²) in [5.74, 6) is 0. The molecule has 2 rings (SSSR count). The third-order valence-electron chi connectivity index (χ3n) is 3.27. The predicted molar refractivity (Wildman–Crippen MR) is 90.3 cm³/mol. The summed E-state index contributed by atoms with van der Waals surface area (Å²) in [4.78, 5) is 2.78.